The maximum Gasteiger partial charge on any atom is 0.276 e. The first-order chi connectivity index (χ1) is 12.6. The van der Waals surface area contributed by atoms with Crippen LogP contribution in [0.1, 0.15) is 41.9 Å². The van der Waals surface area contributed by atoms with Gasteiger partial charge in [0.25, 0.3) is 5.91 Å². The topological polar surface area (TPSA) is 64.8 Å². The highest BCUT2D eigenvalue weighted by Gasteiger charge is 2.38. The van der Waals surface area contributed by atoms with E-state index in [4.69, 9.17) is 25.6 Å². The normalized spacial score (nSPS) is 21.7. The number of hydrogen-bond donors (Lipinski definition) is 0. The molecule has 1 aliphatic carbocycles. The van der Waals surface area contributed by atoms with Crippen LogP contribution in [0.25, 0.3) is 0 Å². The molecular weight excluding hydrogens is 356 g/mol. The van der Waals surface area contributed by atoms with E-state index in [1.165, 1.54) is 12.8 Å². The molecule has 1 saturated carbocycles. The van der Waals surface area contributed by atoms with Gasteiger partial charge in [0.15, 0.2) is 23.0 Å². The van der Waals surface area contributed by atoms with Crippen molar-refractivity contribution in [2.75, 3.05) is 13.7 Å². The molecule has 4 rings (SSSR count). The molecule has 2 aliphatic rings. The van der Waals surface area contributed by atoms with Gasteiger partial charge in [-0.15, -0.1) is 0 Å². The number of likely N-dealkylation sites (tertiary alicyclic amines) is 1. The number of benzene rings is 1. The molecular formula is C19H21ClN2O4. The fraction of sp³-hybridized carbons (Fsp3) is 0.474. The lowest BCUT2D eigenvalue weighted by Gasteiger charge is -2.23. The molecule has 1 saturated heterocycles. The number of ether oxygens (including phenoxy) is 2. The smallest absolute Gasteiger partial charge is 0.276 e. The van der Waals surface area contributed by atoms with Gasteiger partial charge in [0, 0.05) is 29.7 Å². The Kier molecular flexibility index (Phi) is 4.76. The number of carbonyl (C=O) groups is 1. The van der Waals surface area contributed by atoms with Crippen molar-refractivity contribution in [2.24, 2.45) is 5.92 Å². The second kappa shape index (κ2) is 7.19. The standard InChI is InChI=1S/C19H21ClN2O4/c1-24-18-8-13(20)5-6-17(18)25-11-15-9-16(21-26-15)19(23)22-10-12-3-2-4-14(22)7-12/h5-6,8-9,12,14H,2-4,7,10-11H2,1H3/t12-,14+/m0/s1. The molecule has 0 unspecified atom stereocenters. The molecule has 0 N–H and O–H groups in total. The largest absolute Gasteiger partial charge is 0.493 e. The quantitative estimate of drug-likeness (QED) is 0.791. The molecule has 2 atom stereocenters. The first kappa shape index (κ1) is 17.2. The maximum atomic E-state index is 12.7. The first-order valence-corrected chi connectivity index (χ1v) is 9.24. The number of carbonyl (C=O) groups excluding carboxylic acids is 1. The number of amides is 1. The maximum absolute atomic E-state index is 12.7. The van der Waals surface area contributed by atoms with E-state index in [9.17, 15) is 4.79 Å². The summed E-state index contributed by atoms with van der Waals surface area (Å²) < 4.78 is 16.3. The molecule has 2 bridgehead atoms. The van der Waals surface area contributed by atoms with Crippen LogP contribution in [0.2, 0.25) is 5.02 Å². The van der Waals surface area contributed by atoms with Crippen LogP contribution >= 0.6 is 11.6 Å². The molecule has 26 heavy (non-hydrogen) atoms. The fourth-order valence-electron chi connectivity index (χ4n) is 3.93. The number of rotatable bonds is 5. The highest BCUT2D eigenvalue weighted by atomic mass is 35.5. The first-order valence-electron chi connectivity index (χ1n) is 8.87. The lowest BCUT2D eigenvalue weighted by atomic mass is 9.90. The minimum atomic E-state index is -0.0431. The summed E-state index contributed by atoms with van der Waals surface area (Å²) in [6.07, 6.45) is 4.64. The molecule has 0 spiro atoms. The van der Waals surface area contributed by atoms with Crippen LogP contribution < -0.4 is 9.47 Å². The Hall–Kier alpha value is -2.21. The van der Waals surface area contributed by atoms with E-state index in [0.29, 0.717) is 39.9 Å². The van der Waals surface area contributed by atoms with Crippen LogP contribution in [-0.4, -0.2) is 35.7 Å². The van der Waals surface area contributed by atoms with Gasteiger partial charge in [-0.2, -0.15) is 0 Å². The van der Waals surface area contributed by atoms with Gasteiger partial charge >= 0.3 is 0 Å². The zero-order valence-corrected chi connectivity index (χ0v) is 15.4. The van der Waals surface area contributed by atoms with E-state index >= 15 is 0 Å². The van der Waals surface area contributed by atoms with Gasteiger partial charge in [-0.05, 0) is 37.3 Å². The van der Waals surface area contributed by atoms with Gasteiger partial charge in [0.05, 0.1) is 7.11 Å². The van der Waals surface area contributed by atoms with Crippen LogP contribution in [0.15, 0.2) is 28.8 Å². The van der Waals surface area contributed by atoms with Crippen LogP contribution in [0.3, 0.4) is 0 Å². The van der Waals surface area contributed by atoms with Gasteiger partial charge in [-0.25, -0.2) is 0 Å². The Bertz CT molecular complexity index is 807. The van der Waals surface area contributed by atoms with Gasteiger partial charge < -0.3 is 18.9 Å². The Labute approximate surface area is 157 Å². The van der Waals surface area contributed by atoms with E-state index in [2.05, 4.69) is 5.16 Å². The van der Waals surface area contributed by atoms with E-state index in [-0.39, 0.29) is 12.5 Å². The van der Waals surface area contributed by atoms with Crippen molar-refractivity contribution in [1.82, 2.24) is 10.1 Å². The molecule has 2 fully saturated rings. The molecule has 2 heterocycles. The van der Waals surface area contributed by atoms with Gasteiger partial charge in [-0.3, -0.25) is 4.79 Å². The minimum Gasteiger partial charge on any atom is -0.493 e. The highest BCUT2D eigenvalue weighted by Crippen LogP contribution is 2.36. The molecule has 2 aromatic rings. The van der Waals surface area contributed by atoms with Crippen LogP contribution in [0, 0.1) is 5.92 Å². The van der Waals surface area contributed by atoms with E-state index in [1.807, 2.05) is 4.90 Å². The Balaban J connectivity index is 1.41. The third-order valence-corrected chi connectivity index (χ3v) is 5.42. The average Bonchev–Trinajstić information content (AvgIpc) is 3.24. The summed E-state index contributed by atoms with van der Waals surface area (Å²) in [7, 11) is 1.55. The highest BCUT2D eigenvalue weighted by molar-refractivity contribution is 6.30. The van der Waals surface area contributed by atoms with Crippen molar-refractivity contribution < 1.29 is 18.8 Å². The predicted molar refractivity (Wildman–Crippen MR) is 95.6 cm³/mol. The lowest BCUT2D eigenvalue weighted by molar-refractivity contribution is 0.0722. The SMILES string of the molecule is COc1cc(Cl)ccc1OCc1cc(C(=O)N2C[C@H]3CCC[C@@H]2C3)no1. The molecule has 1 aromatic heterocycles. The number of fused-ring (bicyclic) bond motifs is 2. The Morgan fingerprint density at radius 3 is 3.04 bits per heavy atom. The average molecular weight is 377 g/mol. The number of halogens is 1. The van der Waals surface area contributed by atoms with Crippen LogP contribution in [0.5, 0.6) is 11.5 Å². The molecule has 7 heteroatoms. The summed E-state index contributed by atoms with van der Waals surface area (Å²) in [5.41, 5.74) is 0.347. The minimum absolute atomic E-state index is 0.0431. The summed E-state index contributed by atoms with van der Waals surface area (Å²) in [6.45, 7) is 0.995. The summed E-state index contributed by atoms with van der Waals surface area (Å²) in [5.74, 6) is 2.18. The molecule has 0 radical (unpaired) electrons. The monoisotopic (exact) mass is 376 g/mol. The molecule has 138 valence electrons. The van der Waals surface area contributed by atoms with Gasteiger partial charge in [0.2, 0.25) is 0 Å². The Morgan fingerprint density at radius 2 is 2.23 bits per heavy atom. The zero-order valence-electron chi connectivity index (χ0n) is 14.6. The third-order valence-electron chi connectivity index (χ3n) is 5.19. The van der Waals surface area contributed by atoms with Crippen molar-refractivity contribution in [1.29, 1.82) is 0 Å². The number of aromatic nitrogens is 1. The lowest BCUT2D eigenvalue weighted by Crippen LogP contribution is -2.35. The molecule has 1 aromatic carbocycles. The second-order valence-corrected chi connectivity index (χ2v) is 7.34. The van der Waals surface area contributed by atoms with E-state index in [1.54, 1.807) is 31.4 Å². The van der Waals surface area contributed by atoms with Crippen LogP contribution in [-0.2, 0) is 6.61 Å². The molecule has 1 amide bonds. The van der Waals surface area contributed by atoms with Gasteiger partial charge in [0.1, 0.15) is 6.61 Å². The number of methoxy groups -OCH3 is 1. The summed E-state index contributed by atoms with van der Waals surface area (Å²) in [5, 5.41) is 4.51. The van der Waals surface area contributed by atoms with Crippen molar-refractivity contribution in [2.45, 2.75) is 38.3 Å². The predicted octanol–water partition coefficient (Wildman–Crippen LogP) is 3.93. The third kappa shape index (κ3) is 3.38. The number of nitrogens with zero attached hydrogens (tertiary/aromatic N) is 2. The fourth-order valence-corrected chi connectivity index (χ4v) is 4.09. The van der Waals surface area contributed by atoms with Crippen molar-refractivity contribution in [3.63, 3.8) is 0 Å². The number of hydrogen-bond acceptors (Lipinski definition) is 5. The van der Waals surface area contributed by atoms with Crippen molar-refractivity contribution in [3.05, 3.63) is 40.7 Å². The summed E-state index contributed by atoms with van der Waals surface area (Å²) >= 11 is 5.95. The van der Waals surface area contributed by atoms with Crippen molar-refractivity contribution in [3.8, 4) is 11.5 Å². The molecule has 6 nitrogen and oxygen atoms in total. The van der Waals surface area contributed by atoms with E-state index < -0.39 is 0 Å². The Morgan fingerprint density at radius 1 is 1.35 bits per heavy atom. The van der Waals surface area contributed by atoms with Gasteiger partial charge in [-0.1, -0.05) is 23.2 Å². The van der Waals surface area contributed by atoms with Crippen molar-refractivity contribution >= 4 is 17.5 Å². The summed E-state index contributed by atoms with van der Waals surface area (Å²) in [4.78, 5) is 14.7. The molecule has 1 aliphatic heterocycles. The second-order valence-electron chi connectivity index (χ2n) is 6.91. The van der Waals surface area contributed by atoms with E-state index in [0.717, 1.165) is 19.4 Å². The summed E-state index contributed by atoms with van der Waals surface area (Å²) in [6, 6.07) is 7.15. The van der Waals surface area contributed by atoms with Crippen LogP contribution in [0.4, 0.5) is 0 Å². The zero-order chi connectivity index (χ0) is 18.1.